The van der Waals surface area contributed by atoms with Crippen LogP contribution in [0.4, 0.5) is 5.69 Å². The second-order valence-electron chi connectivity index (χ2n) is 7.99. The number of amides is 1. The van der Waals surface area contributed by atoms with Crippen LogP contribution in [0.25, 0.3) is 6.08 Å². The number of halogens is 1. The van der Waals surface area contributed by atoms with Gasteiger partial charge in [0.15, 0.2) is 11.5 Å². The molecule has 3 aromatic rings. The molecule has 0 aliphatic rings. The highest BCUT2D eigenvalue weighted by atomic mass is 79.9. The summed E-state index contributed by atoms with van der Waals surface area (Å²) >= 11 is 3.49. The number of anilines is 1. The minimum Gasteiger partial charge on any atom is -0.490 e. The third-order valence-electron chi connectivity index (χ3n) is 5.26. The van der Waals surface area contributed by atoms with Crippen molar-refractivity contribution in [2.75, 3.05) is 11.9 Å². The quantitative estimate of drug-likeness (QED) is 0.240. The van der Waals surface area contributed by atoms with E-state index in [1.165, 1.54) is 18.2 Å². The van der Waals surface area contributed by atoms with Gasteiger partial charge >= 0.3 is 5.97 Å². The zero-order valence-electron chi connectivity index (χ0n) is 20.1. The Balaban J connectivity index is 1.84. The fourth-order valence-corrected chi connectivity index (χ4v) is 3.75. The molecule has 3 aromatic carbocycles. The molecular weight excluding hydrogens is 524 g/mol. The van der Waals surface area contributed by atoms with Crippen LogP contribution in [0, 0.1) is 25.2 Å². The van der Waals surface area contributed by atoms with Gasteiger partial charge in [-0.25, -0.2) is 4.79 Å². The minimum atomic E-state index is -0.992. The van der Waals surface area contributed by atoms with E-state index in [0.717, 1.165) is 16.7 Å². The van der Waals surface area contributed by atoms with Crippen LogP contribution in [0.2, 0.25) is 0 Å². The second kappa shape index (κ2) is 12.0. The molecule has 0 radical (unpaired) electrons. The first-order chi connectivity index (χ1) is 17.2. The Morgan fingerprint density at radius 2 is 1.75 bits per heavy atom. The van der Waals surface area contributed by atoms with E-state index in [2.05, 4.69) is 21.2 Å². The lowest BCUT2D eigenvalue weighted by molar-refractivity contribution is -0.112. The molecule has 3 rings (SSSR count). The number of ether oxygens (including phenoxy) is 2. The Morgan fingerprint density at radius 1 is 1.06 bits per heavy atom. The summed E-state index contributed by atoms with van der Waals surface area (Å²) in [5.41, 5.74) is 4.03. The van der Waals surface area contributed by atoms with Gasteiger partial charge in [-0.3, -0.25) is 4.79 Å². The molecule has 0 atom stereocenters. The van der Waals surface area contributed by atoms with Crippen LogP contribution in [0.1, 0.15) is 39.5 Å². The number of nitrogens with zero attached hydrogens (tertiary/aromatic N) is 1. The number of benzene rings is 3. The first-order valence-corrected chi connectivity index (χ1v) is 11.9. The van der Waals surface area contributed by atoms with Gasteiger partial charge in [-0.1, -0.05) is 40.2 Å². The highest BCUT2D eigenvalue weighted by Crippen LogP contribution is 2.35. The zero-order chi connectivity index (χ0) is 26.2. The SMILES string of the molecule is CCOc1cc(/C=C(\C#N)C(=O)Nc2cc(C)ccc2C)c(Br)cc1OCc1ccc(C(=O)O)cc1. The van der Waals surface area contributed by atoms with Gasteiger partial charge in [0.2, 0.25) is 0 Å². The molecule has 0 aliphatic heterocycles. The van der Waals surface area contributed by atoms with Crippen molar-refractivity contribution in [1.29, 1.82) is 5.26 Å². The molecule has 0 saturated heterocycles. The summed E-state index contributed by atoms with van der Waals surface area (Å²) in [7, 11) is 0. The van der Waals surface area contributed by atoms with Crippen molar-refractivity contribution in [3.63, 3.8) is 0 Å². The second-order valence-corrected chi connectivity index (χ2v) is 8.84. The molecule has 0 fully saturated rings. The predicted octanol–water partition coefficient (Wildman–Crippen LogP) is 6.29. The minimum absolute atomic E-state index is 0.0637. The third kappa shape index (κ3) is 6.74. The number of carbonyl (C=O) groups excluding carboxylic acids is 1. The zero-order valence-corrected chi connectivity index (χ0v) is 21.7. The van der Waals surface area contributed by atoms with E-state index in [1.54, 1.807) is 24.3 Å². The van der Waals surface area contributed by atoms with E-state index >= 15 is 0 Å². The number of carbonyl (C=O) groups is 2. The molecule has 0 bridgehead atoms. The molecule has 0 unspecified atom stereocenters. The van der Waals surface area contributed by atoms with Crippen molar-refractivity contribution in [2.24, 2.45) is 0 Å². The number of hydrogen-bond donors (Lipinski definition) is 2. The maximum absolute atomic E-state index is 12.8. The van der Waals surface area contributed by atoms with Crippen LogP contribution in [-0.2, 0) is 11.4 Å². The monoisotopic (exact) mass is 548 g/mol. The number of aromatic carboxylic acids is 1. The fourth-order valence-electron chi connectivity index (χ4n) is 3.31. The van der Waals surface area contributed by atoms with Crippen LogP contribution in [0.3, 0.4) is 0 Å². The number of aryl methyl sites for hydroxylation is 2. The van der Waals surface area contributed by atoms with Gasteiger partial charge in [0.25, 0.3) is 5.91 Å². The van der Waals surface area contributed by atoms with Gasteiger partial charge in [0, 0.05) is 10.2 Å². The highest BCUT2D eigenvalue weighted by Gasteiger charge is 2.15. The number of nitrogens with one attached hydrogen (secondary N) is 1. The molecule has 7 nitrogen and oxygen atoms in total. The molecule has 36 heavy (non-hydrogen) atoms. The van der Waals surface area contributed by atoms with Gasteiger partial charge in [0.1, 0.15) is 18.2 Å². The first-order valence-electron chi connectivity index (χ1n) is 11.1. The summed E-state index contributed by atoms with van der Waals surface area (Å²) in [6.45, 7) is 6.23. The third-order valence-corrected chi connectivity index (χ3v) is 5.95. The summed E-state index contributed by atoms with van der Waals surface area (Å²) in [6.07, 6.45) is 1.49. The van der Waals surface area contributed by atoms with Crippen molar-refractivity contribution in [1.82, 2.24) is 0 Å². The number of carboxylic acids is 1. The van der Waals surface area contributed by atoms with Gasteiger partial charge in [-0.2, -0.15) is 5.26 Å². The van der Waals surface area contributed by atoms with E-state index in [0.29, 0.717) is 33.8 Å². The molecule has 0 saturated carbocycles. The Morgan fingerprint density at radius 3 is 2.39 bits per heavy atom. The normalized spacial score (nSPS) is 10.9. The fraction of sp³-hybridized carbons (Fsp3) is 0.179. The van der Waals surface area contributed by atoms with Gasteiger partial charge in [0.05, 0.1) is 12.2 Å². The molecular formula is C28H25BrN2O5. The van der Waals surface area contributed by atoms with E-state index < -0.39 is 11.9 Å². The lowest BCUT2D eigenvalue weighted by Crippen LogP contribution is -2.14. The van der Waals surface area contributed by atoms with Gasteiger partial charge in [-0.05, 0) is 79.4 Å². The predicted molar refractivity (Wildman–Crippen MR) is 141 cm³/mol. The average molecular weight is 549 g/mol. The van der Waals surface area contributed by atoms with Gasteiger partial charge in [-0.15, -0.1) is 0 Å². The molecule has 2 N–H and O–H groups in total. The standard InChI is InChI=1S/C28H25BrN2O5/c1-4-35-25-13-21(12-22(15-30)27(32)31-24-11-17(2)5-6-18(24)3)23(29)14-26(25)36-16-19-7-9-20(10-8-19)28(33)34/h5-14H,4,16H2,1-3H3,(H,31,32)(H,33,34)/b22-12+. The largest absolute Gasteiger partial charge is 0.490 e. The number of carboxylic acid groups (broad SMARTS) is 1. The summed E-state index contributed by atoms with van der Waals surface area (Å²) in [5.74, 6) is -0.600. The molecule has 184 valence electrons. The highest BCUT2D eigenvalue weighted by molar-refractivity contribution is 9.10. The molecule has 0 heterocycles. The van der Waals surface area contributed by atoms with Crippen molar-refractivity contribution >= 4 is 39.6 Å². The van der Waals surface area contributed by atoms with E-state index in [1.807, 2.05) is 45.0 Å². The first kappa shape index (κ1) is 26.5. The Labute approximate surface area is 218 Å². The van der Waals surface area contributed by atoms with E-state index in [9.17, 15) is 14.9 Å². The summed E-state index contributed by atoms with van der Waals surface area (Å²) < 4.78 is 12.3. The number of hydrogen-bond acceptors (Lipinski definition) is 5. The van der Waals surface area contributed by atoms with Crippen LogP contribution in [-0.4, -0.2) is 23.6 Å². The Kier molecular flexibility index (Phi) is 8.87. The average Bonchev–Trinajstić information content (AvgIpc) is 2.85. The summed E-state index contributed by atoms with van der Waals surface area (Å²) in [6, 6.07) is 17.5. The van der Waals surface area contributed by atoms with Crippen molar-refractivity contribution in [3.05, 3.63) is 92.5 Å². The van der Waals surface area contributed by atoms with Crippen LogP contribution < -0.4 is 14.8 Å². The molecule has 1 amide bonds. The van der Waals surface area contributed by atoms with Crippen molar-refractivity contribution in [2.45, 2.75) is 27.4 Å². The van der Waals surface area contributed by atoms with Crippen molar-refractivity contribution in [3.8, 4) is 17.6 Å². The summed E-state index contributed by atoms with van der Waals surface area (Å²) in [4.78, 5) is 23.9. The Bertz CT molecular complexity index is 1360. The van der Waals surface area contributed by atoms with Crippen LogP contribution >= 0.6 is 15.9 Å². The van der Waals surface area contributed by atoms with E-state index in [4.69, 9.17) is 14.6 Å². The Hall–Kier alpha value is -4.09. The molecule has 0 aromatic heterocycles. The van der Waals surface area contributed by atoms with E-state index in [-0.39, 0.29) is 17.7 Å². The van der Waals surface area contributed by atoms with Crippen LogP contribution in [0.15, 0.2) is 64.6 Å². The van der Waals surface area contributed by atoms with Crippen LogP contribution in [0.5, 0.6) is 11.5 Å². The molecule has 0 spiro atoms. The lowest BCUT2D eigenvalue weighted by Gasteiger charge is -2.14. The topological polar surface area (TPSA) is 109 Å². The maximum Gasteiger partial charge on any atom is 0.335 e. The number of nitriles is 1. The molecule has 0 aliphatic carbocycles. The van der Waals surface area contributed by atoms with Gasteiger partial charge < -0.3 is 19.9 Å². The maximum atomic E-state index is 12.8. The van der Waals surface area contributed by atoms with Crippen molar-refractivity contribution < 1.29 is 24.2 Å². The smallest absolute Gasteiger partial charge is 0.335 e. The molecule has 8 heteroatoms. The number of rotatable bonds is 9. The lowest BCUT2D eigenvalue weighted by atomic mass is 10.1. The summed E-state index contributed by atoms with van der Waals surface area (Å²) in [5, 5.41) is 21.5.